The van der Waals surface area contributed by atoms with E-state index in [-0.39, 0.29) is 70.7 Å². The highest BCUT2D eigenvalue weighted by molar-refractivity contribution is 5.87. The maximum absolute atomic E-state index is 14.0. The first-order valence-electron chi connectivity index (χ1n) is 16.7. The summed E-state index contributed by atoms with van der Waals surface area (Å²) in [5.41, 5.74) is -0.481. The first-order valence-corrected chi connectivity index (χ1v) is 16.7. The molecular formula is C36H49NO8. The van der Waals surface area contributed by atoms with Gasteiger partial charge in [-0.1, -0.05) is 37.3 Å². The first kappa shape index (κ1) is 31.3. The Hall–Kier alpha value is -2.30. The molecule has 7 rings (SSSR count). The van der Waals surface area contributed by atoms with Crippen LogP contribution in [0.25, 0.3) is 6.08 Å². The number of methoxy groups -OCH3 is 4. The largest absolute Gasteiger partial charge is 0.462 e. The average molecular weight is 624 g/mol. The molecule has 2 unspecified atom stereocenters. The van der Waals surface area contributed by atoms with E-state index < -0.39 is 17.7 Å². The fourth-order valence-corrected chi connectivity index (χ4v) is 12.4. The van der Waals surface area contributed by atoms with Crippen molar-refractivity contribution in [3.05, 3.63) is 42.0 Å². The van der Waals surface area contributed by atoms with Crippen LogP contribution in [-0.4, -0.2) is 101 Å². The highest BCUT2D eigenvalue weighted by atomic mass is 16.6. The third kappa shape index (κ3) is 4.16. The van der Waals surface area contributed by atoms with Crippen LogP contribution in [0, 0.1) is 40.4 Å². The number of piperidine rings is 1. The quantitative estimate of drug-likeness (QED) is 0.283. The van der Waals surface area contributed by atoms with Gasteiger partial charge in [0.2, 0.25) is 0 Å². The van der Waals surface area contributed by atoms with Gasteiger partial charge in [-0.2, -0.15) is 0 Å². The van der Waals surface area contributed by atoms with Crippen molar-refractivity contribution in [2.75, 3.05) is 48.1 Å². The molecule has 5 saturated carbocycles. The second kappa shape index (κ2) is 11.4. The minimum Gasteiger partial charge on any atom is -0.462 e. The van der Waals surface area contributed by atoms with Crippen molar-refractivity contribution in [2.45, 2.75) is 75.6 Å². The number of fused-ring (bicyclic) bond motifs is 2. The highest BCUT2D eigenvalue weighted by Crippen LogP contribution is 2.80. The summed E-state index contributed by atoms with van der Waals surface area (Å²) in [4.78, 5) is 29.4. The molecule has 0 aromatic heterocycles. The van der Waals surface area contributed by atoms with E-state index in [0.717, 1.165) is 37.9 Å². The minimum absolute atomic E-state index is 0.00219. The molecule has 9 nitrogen and oxygen atoms in total. The van der Waals surface area contributed by atoms with Gasteiger partial charge in [0.05, 0.1) is 24.9 Å². The predicted octanol–water partition coefficient (Wildman–Crippen LogP) is 3.99. The van der Waals surface area contributed by atoms with Gasteiger partial charge in [0.15, 0.2) is 0 Å². The molecule has 246 valence electrons. The van der Waals surface area contributed by atoms with E-state index >= 15 is 0 Å². The second-order valence-corrected chi connectivity index (χ2v) is 14.5. The molecular weight excluding hydrogens is 574 g/mol. The van der Waals surface area contributed by atoms with Crippen molar-refractivity contribution in [2.24, 2.45) is 40.4 Å². The molecule has 6 aliphatic rings. The van der Waals surface area contributed by atoms with Crippen LogP contribution < -0.4 is 0 Å². The van der Waals surface area contributed by atoms with E-state index in [2.05, 4.69) is 11.8 Å². The third-order valence-electron chi connectivity index (χ3n) is 13.1. The number of carbonyl (C=O) groups excluding carboxylic acids is 2. The lowest BCUT2D eigenvalue weighted by Gasteiger charge is -2.69. The maximum atomic E-state index is 14.0. The monoisotopic (exact) mass is 623 g/mol. The summed E-state index contributed by atoms with van der Waals surface area (Å²) in [6, 6.07) is 9.83. The van der Waals surface area contributed by atoms with Crippen molar-refractivity contribution in [3.8, 4) is 0 Å². The number of rotatable bonds is 10. The molecule has 1 aromatic carbocycles. The molecule has 1 aliphatic heterocycles. The van der Waals surface area contributed by atoms with Crippen LogP contribution in [0.4, 0.5) is 0 Å². The van der Waals surface area contributed by atoms with E-state index in [1.165, 1.54) is 13.0 Å². The van der Waals surface area contributed by atoms with Crippen LogP contribution in [0.2, 0.25) is 0 Å². The Morgan fingerprint density at radius 1 is 1.02 bits per heavy atom. The van der Waals surface area contributed by atoms with Crippen molar-refractivity contribution in [1.29, 1.82) is 0 Å². The lowest BCUT2D eigenvalue weighted by atomic mass is 9.43. The number of carbonyl (C=O) groups is 2. The van der Waals surface area contributed by atoms with Crippen LogP contribution in [0.1, 0.15) is 45.1 Å². The van der Waals surface area contributed by atoms with Crippen molar-refractivity contribution >= 4 is 18.0 Å². The lowest BCUT2D eigenvalue weighted by Crippen LogP contribution is -2.77. The van der Waals surface area contributed by atoms with Crippen LogP contribution in [0.15, 0.2) is 36.4 Å². The number of hydrogen-bond acceptors (Lipinski definition) is 9. The molecule has 1 heterocycles. The Morgan fingerprint density at radius 2 is 1.80 bits per heavy atom. The molecule has 5 aliphatic carbocycles. The van der Waals surface area contributed by atoms with E-state index in [1.54, 1.807) is 20.3 Å². The minimum atomic E-state index is -0.973. The van der Waals surface area contributed by atoms with Crippen LogP contribution in [-0.2, 0) is 38.0 Å². The summed E-state index contributed by atoms with van der Waals surface area (Å²) >= 11 is 0. The zero-order valence-electron chi connectivity index (χ0n) is 27.5. The van der Waals surface area contributed by atoms with Gasteiger partial charge in [0, 0.05) is 94.9 Å². The molecule has 1 aromatic rings. The van der Waals surface area contributed by atoms with Crippen LogP contribution in [0.3, 0.4) is 0 Å². The number of nitrogens with zero attached hydrogens (tertiary/aromatic N) is 1. The summed E-state index contributed by atoms with van der Waals surface area (Å²) in [6.45, 7) is 6.10. The average Bonchev–Trinajstić information content (AvgIpc) is 3.45. The van der Waals surface area contributed by atoms with E-state index in [1.807, 2.05) is 44.6 Å². The molecule has 0 radical (unpaired) electrons. The first-order chi connectivity index (χ1) is 21.8. The fraction of sp³-hybridized carbons (Fsp3) is 0.722. The Kier molecular flexibility index (Phi) is 7.96. The molecule has 0 amide bonds. The molecule has 6 fully saturated rings. The van der Waals surface area contributed by atoms with Gasteiger partial charge in [-0.3, -0.25) is 9.69 Å². The number of hydrogen-bond donors (Lipinski definition) is 0. The Bertz CT molecular complexity index is 1320. The molecule has 1 spiro atoms. The van der Waals surface area contributed by atoms with Gasteiger partial charge in [0.1, 0.15) is 11.7 Å². The zero-order chi connectivity index (χ0) is 31.7. The standard InChI is InChI=1S/C36H49NO8/c1-7-37-19-34(20-40-3)16-15-26(42-5)36-24-17-23-25(41-4)18-35(28(24)30(23)44-21(2)38,29(33(36)37)31(43-6)32(34)36)45-27(39)14-13-22-11-9-8-10-12-22/h8-14,23-26,28-33H,7,15-20H2,1-6H3/b14-13+/t23-,24?,25+,26+,28?,29+,30+,31+,32-,33-,34+,35-,36+/m1/s1. The second-order valence-electron chi connectivity index (χ2n) is 14.5. The van der Waals surface area contributed by atoms with Crippen molar-refractivity contribution in [1.82, 2.24) is 4.90 Å². The molecule has 1 saturated heterocycles. The highest BCUT2D eigenvalue weighted by Gasteiger charge is 2.88. The van der Waals surface area contributed by atoms with Crippen molar-refractivity contribution in [3.63, 3.8) is 0 Å². The van der Waals surface area contributed by atoms with Crippen LogP contribution >= 0.6 is 0 Å². The third-order valence-corrected chi connectivity index (χ3v) is 13.1. The zero-order valence-corrected chi connectivity index (χ0v) is 27.5. The van der Waals surface area contributed by atoms with Crippen molar-refractivity contribution < 1.29 is 38.0 Å². The number of ether oxygens (including phenoxy) is 6. The predicted molar refractivity (Wildman–Crippen MR) is 166 cm³/mol. The Morgan fingerprint density at radius 3 is 2.44 bits per heavy atom. The van der Waals surface area contributed by atoms with Gasteiger partial charge in [-0.25, -0.2) is 4.79 Å². The summed E-state index contributed by atoms with van der Waals surface area (Å²) in [6.07, 6.45) is 5.72. The Labute approximate surface area is 266 Å². The number of esters is 2. The van der Waals surface area contributed by atoms with E-state index in [4.69, 9.17) is 28.4 Å². The molecule has 0 N–H and O–H groups in total. The summed E-state index contributed by atoms with van der Waals surface area (Å²) in [5, 5.41) is 0. The van der Waals surface area contributed by atoms with Gasteiger partial charge >= 0.3 is 11.9 Å². The molecule has 9 heteroatoms. The maximum Gasteiger partial charge on any atom is 0.331 e. The van der Waals surface area contributed by atoms with E-state index in [0.29, 0.717) is 13.0 Å². The summed E-state index contributed by atoms with van der Waals surface area (Å²) in [7, 11) is 7.20. The molecule has 7 bridgehead atoms. The number of benzene rings is 1. The normalized spacial score (nSPS) is 45.9. The SMILES string of the molecule is CCN1C[C@]2(COC)CC[C@H](OC)[C@@]34C5C[C@@H]6[C@@H](OC)C[C@@](OC(=O)/C=C/c7ccccc7)(C5[C@H]6OC(C)=O)[C@@H]([C@H](OC)[C@H]23)[C@@H]14. The summed E-state index contributed by atoms with van der Waals surface area (Å²) in [5.74, 6) is -0.887. The molecule has 13 atom stereocenters. The fourth-order valence-electron chi connectivity index (χ4n) is 12.4. The van der Waals surface area contributed by atoms with Gasteiger partial charge in [-0.05, 0) is 43.4 Å². The van der Waals surface area contributed by atoms with Gasteiger partial charge in [-0.15, -0.1) is 0 Å². The molecule has 45 heavy (non-hydrogen) atoms. The van der Waals surface area contributed by atoms with Crippen LogP contribution in [0.5, 0.6) is 0 Å². The smallest absolute Gasteiger partial charge is 0.331 e. The van der Waals surface area contributed by atoms with E-state index in [9.17, 15) is 9.59 Å². The Balaban J connectivity index is 1.45. The van der Waals surface area contributed by atoms with Gasteiger partial charge < -0.3 is 28.4 Å². The lowest BCUT2D eigenvalue weighted by molar-refractivity contribution is -0.280. The topological polar surface area (TPSA) is 92.8 Å². The van der Waals surface area contributed by atoms with Gasteiger partial charge in [0.25, 0.3) is 0 Å². The summed E-state index contributed by atoms with van der Waals surface area (Å²) < 4.78 is 38.7. The number of likely N-dealkylation sites (tertiary alicyclic amines) is 1.